The van der Waals surface area contributed by atoms with Crippen molar-refractivity contribution >= 4 is 35.7 Å². The fourth-order valence-corrected chi connectivity index (χ4v) is 3.58. The Morgan fingerprint density at radius 3 is 2.00 bits per heavy atom. The van der Waals surface area contributed by atoms with Crippen LogP contribution in [0.3, 0.4) is 0 Å². The summed E-state index contributed by atoms with van der Waals surface area (Å²) in [5.74, 6) is -4.24. The Balaban J connectivity index is 2.43. The summed E-state index contributed by atoms with van der Waals surface area (Å²) < 4.78 is 32.6. The molecule has 1 aromatic carbocycles. The number of phenols is 1. The monoisotopic (exact) mass is 550 g/mol. The van der Waals surface area contributed by atoms with Crippen molar-refractivity contribution in [2.75, 3.05) is 6.61 Å². The summed E-state index contributed by atoms with van der Waals surface area (Å²) in [5, 5.41) is 20.2. The molecule has 0 radical (unpaired) electrons. The van der Waals surface area contributed by atoms with Crippen molar-refractivity contribution < 1.29 is 62.6 Å². The van der Waals surface area contributed by atoms with Gasteiger partial charge in [0.15, 0.2) is 29.5 Å². The predicted molar refractivity (Wildman–Crippen MR) is 131 cm³/mol. The molecule has 0 bridgehead atoms. The molecule has 2 N–H and O–H groups in total. The average molecular weight is 551 g/mol. The first-order valence-corrected chi connectivity index (χ1v) is 11.7. The Labute approximate surface area is 223 Å². The highest BCUT2D eigenvalue weighted by Crippen LogP contribution is 2.34. The lowest BCUT2D eigenvalue weighted by Crippen LogP contribution is -2.63. The first kappa shape index (κ1) is 30.8. The van der Waals surface area contributed by atoms with Gasteiger partial charge < -0.3 is 38.6 Å². The molecule has 1 aromatic rings. The molecule has 5 atom stereocenters. The van der Waals surface area contributed by atoms with E-state index in [1.165, 1.54) is 37.3 Å². The van der Waals surface area contributed by atoms with Gasteiger partial charge in [0, 0.05) is 33.8 Å². The first-order chi connectivity index (χ1) is 18.3. The van der Waals surface area contributed by atoms with E-state index in [9.17, 15) is 34.2 Å². The van der Waals surface area contributed by atoms with Crippen LogP contribution in [0.15, 0.2) is 36.1 Å². The van der Waals surface area contributed by atoms with Crippen molar-refractivity contribution in [3.05, 3.63) is 41.7 Å². The average Bonchev–Trinajstić information content (AvgIpc) is 2.80. The van der Waals surface area contributed by atoms with E-state index in [4.69, 9.17) is 28.4 Å². The van der Waals surface area contributed by atoms with E-state index in [1.807, 2.05) is 0 Å². The molecule has 0 aliphatic carbocycles. The van der Waals surface area contributed by atoms with Gasteiger partial charge in [-0.25, -0.2) is 0 Å². The van der Waals surface area contributed by atoms with Crippen LogP contribution in [0, 0.1) is 0 Å². The molecular weight excluding hydrogens is 520 g/mol. The van der Waals surface area contributed by atoms with Crippen LogP contribution < -0.4 is 4.74 Å². The Kier molecular flexibility index (Phi) is 11.0. The second-order valence-electron chi connectivity index (χ2n) is 8.43. The molecule has 212 valence electrons. The van der Waals surface area contributed by atoms with Gasteiger partial charge in [0.2, 0.25) is 12.4 Å². The molecule has 1 heterocycles. The van der Waals surface area contributed by atoms with Crippen LogP contribution in [0.4, 0.5) is 0 Å². The summed E-state index contributed by atoms with van der Waals surface area (Å²) in [4.78, 5) is 58.1. The van der Waals surface area contributed by atoms with Gasteiger partial charge >= 0.3 is 23.9 Å². The zero-order valence-electron chi connectivity index (χ0n) is 21.9. The number of rotatable bonds is 10. The van der Waals surface area contributed by atoms with Gasteiger partial charge in [-0.05, 0) is 30.7 Å². The van der Waals surface area contributed by atoms with E-state index in [0.29, 0.717) is 5.56 Å². The number of ether oxygens (including phenoxy) is 6. The van der Waals surface area contributed by atoms with Crippen LogP contribution in [0.1, 0.15) is 40.2 Å². The maximum atomic E-state index is 11.9. The molecule has 0 amide bonds. The van der Waals surface area contributed by atoms with Gasteiger partial charge in [0.05, 0.1) is 0 Å². The quantitative estimate of drug-likeness (QED) is 0.142. The largest absolute Gasteiger partial charge is 0.508 e. The van der Waals surface area contributed by atoms with Crippen molar-refractivity contribution in [2.24, 2.45) is 0 Å². The minimum Gasteiger partial charge on any atom is -0.508 e. The molecule has 0 aromatic heterocycles. The minimum absolute atomic E-state index is 0.142. The normalized spacial score (nSPS) is 23.0. The lowest BCUT2D eigenvalue weighted by atomic mass is 9.98. The van der Waals surface area contributed by atoms with Crippen molar-refractivity contribution in [3.8, 4) is 11.5 Å². The second-order valence-corrected chi connectivity index (χ2v) is 8.43. The maximum Gasteiger partial charge on any atom is 0.303 e. The standard InChI is InChI=1S/C26H30O13/c1-13(27)10-19(32)8-6-18-7-9-21(20(33)11-18)38-26-25(37-17(5)31)24(36-16(4)30)23(35-15(3)29)22(39-26)12-34-14(2)28/h6-11,22-26,32-33H,12H2,1-5H3/b8-6+,19-10-/t22-,23-,24+,25-,26-/m1/s1. The third-order valence-corrected chi connectivity index (χ3v) is 4.97. The smallest absolute Gasteiger partial charge is 0.303 e. The number of carbonyl (C=O) groups is 5. The molecule has 2 rings (SSSR count). The van der Waals surface area contributed by atoms with Gasteiger partial charge in [-0.1, -0.05) is 12.1 Å². The molecule has 0 unspecified atom stereocenters. The van der Waals surface area contributed by atoms with Crippen LogP contribution in [0.25, 0.3) is 6.08 Å². The molecule has 13 nitrogen and oxygen atoms in total. The van der Waals surface area contributed by atoms with E-state index in [2.05, 4.69) is 0 Å². The van der Waals surface area contributed by atoms with Crippen LogP contribution in [-0.4, -0.2) is 77.2 Å². The van der Waals surface area contributed by atoms with Crippen LogP contribution in [0.5, 0.6) is 11.5 Å². The van der Waals surface area contributed by atoms with Gasteiger partial charge in [-0.15, -0.1) is 0 Å². The van der Waals surface area contributed by atoms with Crippen LogP contribution in [0.2, 0.25) is 0 Å². The lowest BCUT2D eigenvalue weighted by molar-refractivity contribution is -0.288. The molecule has 39 heavy (non-hydrogen) atoms. The third-order valence-electron chi connectivity index (χ3n) is 4.97. The Bertz CT molecular complexity index is 1150. The number of ketones is 1. The molecule has 1 fully saturated rings. The SMILES string of the molecule is CC(=O)/C=C(O)/C=C/c1ccc(O[C@@H]2O[C@H](COC(C)=O)[C@@H](OC(C)=O)[C@H](OC(C)=O)[C@H]2OC(C)=O)c(O)c1. The maximum absolute atomic E-state index is 11.9. The summed E-state index contributed by atoms with van der Waals surface area (Å²) in [7, 11) is 0. The Morgan fingerprint density at radius 2 is 1.46 bits per heavy atom. The fraction of sp³-hybridized carbons (Fsp3) is 0.423. The number of aliphatic hydroxyl groups excluding tert-OH is 1. The minimum atomic E-state index is -1.53. The highest BCUT2D eigenvalue weighted by Gasteiger charge is 2.53. The highest BCUT2D eigenvalue weighted by molar-refractivity contribution is 5.88. The van der Waals surface area contributed by atoms with Crippen LogP contribution in [-0.2, 0) is 47.7 Å². The molecule has 1 saturated heterocycles. The van der Waals surface area contributed by atoms with Gasteiger partial charge in [0.25, 0.3) is 0 Å². The molecular formula is C26H30O13. The number of esters is 4. The van der Waals surface area contributed by atoms with E-state index in [-0.39, 0.29) is 23.0 Å². The summed E-state index contributed by atoms with van der Waals surface area (Å²) in [5.41, 5.74) is 0.421. The van der Waals surface area contributed by atoms with Crippen molar-refractivity contribution in [1.82, 2.24) is 0 Å². The molecule has 13 heteroatoms. The second kappa shape index (κ2) is 14.0. The number of hydrogen-bond acceptors (Lipinski definition) is 13. The van der Waals surface area contributed by atoms with Crippen molar-refractivity contribution in [1.29, 1.82) is 0 Å². The summed E-state index contributed by atoms with van der Waals surface area (Å²) in [6, 6.07) is 4.12. The number of aliphatic hydroxyl groups is 1. The zero-order chi connectivity index (χ0) is 29.3. The van der Waals surface area contributed by atoms with Crippen LogP contribution >= 0.6 is 0 Å². The van der Waals surface area contributed by atoms with Crippen molar-refractivity contribution in [2.45, 2.75) is 65.3 Å². The molecule has 1 aliphatic heterocycles. The molecule has 1 aliphatic rings. The fourth-order valence-electron chi connectivity index (χ4n) is 3.58. The number of phenolic OH excluding ortho intramolecular Hbond substituents is 1. The van der Waals surface area contributed by atoms with Gasteiger partial charge in [-0.3, -0.25) is 24.0 Å². The third kappa shape index (κ3) is 9.78. The van der Waals surface area contributed by atoms with Crippen molar-refractivity contribution in [3.63, 3.8) is 0 Å². The number of carbonyl (C=O) groups excluding carboxylic acids is 5. The number of allylic oxidation sites excluding steroid dienone is 2. The van der Waals surface area contributed by atoms with Gasteiger partial charge in [0.1, 0.15) is 18.5 Å². The predicted octanol–water partition coefficient (Wildman–Crippen LogP) is 1.90. The topological polar surface area (TPSA) is 181 Å². The van der Waals surface area contributed by atoms with E-state index in [1.54, 1.807) is 0 Å². The Hall–Kier alpha value is -4.39. The molecule has 0 spiro atoms. The number of aromatic hydroxyl groups is 1. The first-order valence-electron chi connectivity index (χ1n) is 11.7. The van der Waals surface area contributed by atoms with E-state index < -0.39 is 61.2 Å². The molecule has 0 saturated carbocycles. The lowest BCUT2D eigenvalue weighted by Gasteiger charge is -2.43. The van der Waals surface area contributed by atoms with E-state index in [0.717, 1.165) is 33.8 Å². The zero-order valence-corrected chi connectivity index (χ0v) is 21.9. The Morgan fingerprint density at radius 1 is 0.872 bits per heavy atom. The van der Waals surface area contributed by atoms with E-state index >= 15 is 0 Å². The van der Waals surface area contributed by atoms with Gasteiger partial charge in [-0.2, -0.15) is 0 Å². The number of hydrogen-bond donors (Lipinski definition) is 2. The summed E-state index contributed by atoms with van der Waals surface area (Å²) in [6.45, 7) is 5.25. The summed E-state index contributed by atoms with van der Waals surface area (Å²) >= 11 is 0. The summed E-state index contributed by atoms with van der Waals surface area (Å²) in [6.07, 6.45) is -3.33. The highest BCUT2D eigenvalue weighted by atomic mass is 16.7. The number of benzene rings is 1.